The van der Waals surface area contributed by atoms with E-state index in [2.05, 4.69) is 29.1 Å². The van der Waals surface area contributed by atoms with Crippen molar-refractivity contribution >= 4 is 47.4 Å². The fraction of sp³-hybridized carbons (Fsp3) is 0.579. The van der Waals surface area contributed by atoms with Gasteiger partial charge in [0, 0.05) is 44.8 Å². The number of guanidine groups is 1. The van der Waals surface area contributed by atoms with E-state index in [1.807, 2.05) is 36.2 Å². The first kappa shape index (κ1) is 23.0. The van der Waals surface area contributed by atoms with Gasteiger partial charge < -0.3 is 15.1 Å². The Morgan fingerprint density at radius 2 is 1.88 bits per heavy atom. The molecule has 1 saturated heterocycles. The van der Waals surface area contributed by atoms with Gasteiger partial charge in [-0.1, -0.05) is 37.6 Å². The fourth-order valence-electron chi connectivity index (χ4n) is 2.91. The van der Waals surface area contributed by atoms with Gasteiger partial charge in [-0.15, -0.1) is 24.0 Å². The number of piperazine rings is 1. The molecule has 0 bridgehead atoms. The van der Waals surface area contributed by atoms with Crippen LogP contribution in [0.4, 0.5) is 0 Å². The number of nitrogens with one attached hydrogen (secondary N) is 1. The van der Waals surface area contributed by atoms with Gasteiger partial charge in [0.2, 0.25) is 5.91 Å². The van der Waals surface area contributed by atoms with Gasteiger partial charge in [-0.2, -0.15) is 0 Å². The zero-order valence-corrected chi connectivity index (χ0v) is 19.0. The second kappa shape index (κ2) is 11.6. The summed E-state index contributed by atoms with van der Waals surface area (Å²) in [7, 11) is 1.81. The van der Waals surface area contributed by atoms with Gasteiger partial charge in [0.25, 0.3) is 0 Å². The van der Waals surface area contributed by atoms with Gasteiger partial charge in [0.15, 0.2) is 5.96 Å². The van der Waals surface area contributed by atoms with Crippen LogP contribution in [0.3, 0.4) is 0 Å². The summed E-state index contributed by atoms with van der Waals surface area (Å²) in [5.74, 6) is 1.76. The molecule has 0 unspecified atom stereocenters. The summed E-state index contributed by atoms with van der Waals surface area (Å²) in [5, 5.41) is 4.09. The zero-order chi connectivity index (χ0) is 18.2. The van der Waals surface area contributed by atoms with Crippen molar-refractivity contribution < 1.29 is 4.79 Å². The minimum atomic E-state index is 0. The van der Waals surface area contributed by atoms with Crippen molar-refractivity contribution in [3.8, 4) is 0 Å². The molecule has 1 fully saturated rings. The number of amides is 1. The maximum absolute atomic E-state index is 12.5. The van der Waals surface area contributed by atoms with Crippen molar-refractivity contribution in [3.05, 3.63) is 34.9 Å². The van der Waals surface area contributed by atoms with E-state index in [9.17, 15) is 4.79 Å². The van der Waals surface area contributed by atoms with Gasteiger partial charge in [-0.25, -0.2) is 0 Å². The molecule has 146 valence electrons. The van der Waals surface area contributed by atoms with Crippen LogP contribution in [0.25, 0.3) is 0 Å². The van der Waals surface area contributed by atoms with E-state index in [0.717, 1.165) is 50.7 Å². The molecule has 5 nitrogen and oxygen atoms in total. The van der Waals surface area contributed by atoms with Crippen LogP contribution in [0.5, 0.6) is 0 Å². The topological polar surface area (TPSA) is 47.9 Å². The Bertz CT molecular complexity index is 601. The second-order valence-electron chi connectivity index (χ2n) is 6.83. The number of rotatable bonds is 5. The molecule has 1 aliphatic heterocycles. The van der Waals surface area contributed by atoms with Crippen molar-refractivity contribution in [2.24, 2.45) is 10.9 Å². The second-order valence-corrected chi connectivity index (χ2v) is 7.27. The zero-order valence-electron chi connectivity index (χ0n) is 15.9. The molecular weight excluding hydrogens is 463 g/mol. The molecule has 0 aromatic heterocycles. The molecule has 1 amide bonds. The molecule has 0 radical (unpaired) electrons. The van der Waals surface area contributed by atoms with E-state index in [-0.39, 0.29) is 29.9 Å². The monoisotopic (exact) mass is 492 g/mol. The molecular formula is C19H30ClIN4O. The molecule has 0 saturated carbocycles. The van der Waals surface area contributed by atoms with Crippen molar-refractivity contribution in [3.63, 3.8) is 0 Å². The fourth-order valence-corrected chi connectivity index (χ4v) is 3.12. The summed E-state index contributed by atoms with van der Waals surface area (Å²) in [6.07, 6.45) is 1.53. The lowest BCUT2D eigenvalue weighted by Gasteiger charge is -2.36. The lowest BCUT2D eigenvalue weighted by Crippen LogP contribution is -2.54. The first-order valence-corrected chi connectivity index (χ1v) is 9.35. The van der Waals surface area contributed by atoms with Gasteiger partial charge in [-0.3, -0.25) is 9.79 Å². The number of carbonyl (C=O) groups is 1. The molecule has 1 aromatic rings. The van der Waals surface area contributed by atoms with Crippen LogP contribution in [0.1, 0.15) is 25.8 Å². The number of hydrogen-bond acceptors (Lipinski definition) is 2. The summed E-state index contributed by atoms with van der Waals surface area (Å²) < 4.78 is 0. The van der Waals surface area contributed by atoms with Crippen LogP contribution in [-0.4, -0.2) is 61.4 Å². The number of halogens is 2. The van der Waals surface area contributed by atoms with Gasteiger partial charge in [0.1, 0.15) is 0 Å². The Kier molecular flexibility index (Phi) is 10.3. The highest BCUT2D eigenvalue weighted by molar-refractivity contribution is 14.0. The van der Waals surface area contributed by atoms with Crippen molar-refractivity contribution in [1.29, 1.82) is 0 Å². The van der Waals surface area contributed by atoms with Crippen molar-refractivity contribution in [1.82, 2.24) is 15.1 Å². The summed E-state index contributed by atoms with van der Waals surface area (Å²) in [4.78, 5) is 21.0. The first-order chi connectivity index (χ1) is 12.0. The van der Waals surface area contributed by atoms with E-state index in [1.54, 1.807) is 0 Å². The number of nitrogens with zero attached hydrogens (tertiary/aromatic N) is 3. The number of hydrogen-bond donors (Lipinski definition) is 1. The molecule has 0 spiro atoms. The molecule has 0 atom stereocenters. The van der Waals surface area contributed by atoms with Crippen molar-refractivity contribution in [2.45, 2.75) is 26.7 Å². The Hall–Kier alpha value is -1.02. The summed E-state index contributed by atoms with van der Waals surface area (Å²) in [6.45, 7) is 8.43. The quantitative estimate of drug-likeness (QED) is 0.390. The van der Waals surface area contributed by atoms with Crippen LogP contribution in [-0.2, 0) is 11.2 Å². The Morgan fingerprint density at radius 3 is 2.46 bits per heavy atom. The Balaban J connectivity index is 0.00000338. The van der Waals surface area contributed by atoms with Crippen LogP contribution >= 0.6 is 35.6 Å². The average molecular weight is 493 g/mol. The lowest BCUT2D eigenvalue weighted by molar-refractivity contribution is -0.131. The van der Waals surface area contributed by atoms with E-state index in [0.29, 0.717) is 17.4 Å². The smallest absolute Gasteiger partial charge is 0.227 e. The standard InChI is InChI=1S/C19H29ClN4O.HI/c1-15(2)7-8-22-19(21-3)24-11-9-23(10-12-24)18(25)14-16-5-4-6-17(20)13-16;/h4-6,13,15H,7-12,14H2,1-3H3,(H,21,22);1H. The summed E-state index contributed by atoms with van der Waals surface area (Å²) in [6, 6.07) is 7.51. The molecule has 2 rings (SSSR count). The molecule has 7 heteroatoms. The Morgan fingerprint density at radius 1 is 1.23 bits per heavy atom. The maximum atomic E-state index is 12.5. The Labute approximate surface area is 179 Å². The minimum Gasteiger partial charge on any atom is -0.356 e. The highest BCUT2D eigenvalue weighted by atomic mass is 127. The van der Waals surface area contributed by atoms with Crippen molar-refractivity contribution in [2.75, 3.05) is 39.8 Å². The predicted molar refractivity (Wildman–Crippen MR) is 120 cm³/mol. The molecule has 0 aliphatic carbocycles. The van der Waals surface area contributed by atoms with E-state index >= 15 is 0 Å². The van der Waals surface area contributed by atoms with Crippen LogP contribution in [0.2, 0.25) is 5.02 Å². The highest BCUT2D eigenvalue weighted by Crippen LogP contribution is 2.13. The summed E-state index contributed by atoms with van der Waals surface area (Å²) >= 11 is 5.99. The molecule has 1 N–H and O–H groups in total. The normalized spacial score (nSPS) is 15.0. The van der Waals surface area contributed by atoms with Gasteiger partial charge >= 0.3 is 0 Å². The molecule has 1 aromatic carbocycles. The van der Waals surface area contributed by atoms with E-state index in [4.69, 9.17) is 11.6 Å². The minimum absolute atomic E-state index is 0. The largest absolute Gasteiger partial charge is 0.356 e. The molecule has 26 heavy (non-hydrogen) atoms. The van der Waals surface area contributed by atoms with Crippen LogP contribution in [0.15, 0.2) is 29.3 Å². The number of aliphatic imine (C=N–C) groups is 1. The first-order valence-electron chi connectivity index (χ1n) is 8.97. The van der Waals surface area contributed by atoms with E-state index < -0.39 is 0 Å². The number of benzene rings is 1. The SMILES string of the molecule is CN=C(NCCC(C)C)N1CCN(C(=O)Cc2cccc(Cl)c2)CC1.I. The highest BCUT2D eigenvalue weighted by Gasteiger charge is 2.23. The lowest BCUT2D eigenvalue weighted by atomic mass is 10.1. The average Bonchev–Trinajstić information content (AvgIpc) is 2.59. The maximum Gasteiger partial charge on any atom is 0.227 e. The van der Waals surface area contributed by atoms with Gasteiger partial charge in [0.05, 0.1) is 6.42 Å². The number of carbonyl (C=O) groups excluding carboxylic acids is 1. The van der Waals surface area contributed by atoms with E-state index in [1.165, 1.54) is 0 Å². The van der Waals surface area contributed by atoms with Crippen LogP contribution < -0.4 is 5.32 Å². The molecule has 1 heterocycles. The predicted octanol–water partition coefficient (Wildman–Crippen LogP) is 3.27. The third-order valence-electron chi connectivity index (χ3n) is 4.39. The molecule has 1 aliphatic rings. The van der Waals surface area contributed by atoms with Gasteiger partial charge in [-0.05, 0) is 30.0 Å². The third-order valence-corrected chi connectivity index (χ3v) is 4.63. The third kappa shape index (κ3) is 7.31. The van der Waals surface area contributed by atoms with Crippen LogP contribution in [0, 0.1) is 5.92 Å². The summed E-state index contributed by atoms with van der Waals surface area (Å²) in [5.41, 5.74) is 0.964.